The summed E-state index contributed by atoms with van der Waals surface area (Å²) in [5.41, 5.74) is 7.77. The third-order valence-corrected chi connectivity index (χ3v) is 11.0. The summed E-state index contributed by atoms with van der Waals surface area (Å²) in [6.45, 7) is 0. The van der Waals surface area contributed by atoms with E-state index < -0.39 is 0 Å². The Morgan fingerprint density at radius 2 is 1.06 bits per heavy atom. The van der Waals surface area contributed by atoms with Crippen molar-refractivity contribution in [1.82, 2.24) is 19.5 Å². The van der Waals surface area contributed by atoms with Gasteiger partial charge in [0.25, 0.3) is 0 Å². The molecule has 0 atom stereocenters. The van der Waals surface area contributed by atoms with Crippen LogP contribution in [0.5, 0.6) is 0 Å². The van der Waals surface area contributed by atoms with Crippen molar-refractivity contribution < 1.29 is 4.42 Å². The number of para-hydroxylation sites is 3. The van der Waals surface area contributed by atoms with Gasteiger partial charge in [-0.15, -0.1) is 11.3 Å². The van der Waals surface area contributed by atoms with Gasteiger partial charge in [-0.3, -0.25) is 0 Å². The number of thiophene rings is 1. The largest absolute Gasteiger partial charge is 0.456 e. The summed E-state index contributed by atoms with van der Waals surface area (Å²) >= 11 is 1.79. The van der Waals surface area contributed by atoms with Gasteiger partial charge in [-0.05, 0) is 48.5 Å². The minimum absolute atomic E-state index is 0.604. The summed E-state index contributed by atoms with van der Waals surface area (Å²) in [6, 6.07) is 55.0. The molecule has 0 saturated heterocycles. The predicted molar refractivity (Wildman–Crippen MR) is 211 cm³/mol. The Morgan fingerprint density at radius 3 is 1.92 bits per heavy atom. The van der Waals surface area contributed by atoms with Gasteiger partial charge >= 0.3 is 0 Å². The normalized spacial score (nSPS) is 11.9. The number of aromatic nitrogens is 4. The molecule has 0 fully saturated rings. The number of rotatable bonds is 4. The van der Waals surface area contributed by atoms with Crippen LogP contribution in [0.25, 0.3) is 104 Å². The highest BCUT2D eigenvalue weighted by Gasteiger charge is 2.20. The second-order valence-electron chi connectivity index (χ2n) is 12.8. The van der Waals surface area contributed by atoms with Crippen LogP contribution in [0.15, 0.2) is 162 Å². The van der Waals surface area contributed by atoms with Crippen molar-refractivity contribution in [3.63, 3.8) is 0 Å². The molecule has 11 rings (SSSR count). The molecule has 0 amide bonds. The van der Waals surface area contributed by atoms with E-state index in [1.54, 1.807) is 11.3 Å². The SMILES string of the molecule is c1ccc(-n2c3ccccc3c3ccc(-c4nc(-c5ccc6c(c5)sc5ccccc56)nc(-c5cccc6oc7ccccc7c56)n4)cc32)cc1. The van der Waals surface area contributed by atoms with E-state index in [2.05, 4.69) is 132 Å². The van der Waals surface area contributed by atoms with Gasteiger partial charge in [0.1, 0.15) is 11.2 Å². The highest BCUT2D eigenvalue weighted by atomic mass is 32.1. The molecular formula is C45H26N4OS. The van der Waals surface area contributed by atoms with E-state index in [0.717, 1.165) is 55.3 Å². The lowest BCUT2D eigenvalue weighted by Crippen LogP contribution is -2.01. The molecule has 4 aromatic heterocycles. The highest BCUT2D eigenvalue weighted by molar-refractivity contribution is 7.25. The van der Waals surface area contributed by atoms with Crippen molar-refractivity contribution >= 4 is 75.3 Å². The molecule has 5 nitrogen and oxygen atoms in total. The predicted octanol–water partition coefficient (Wildman–Crippen LogP) is 12.2. The smallest absolute Gasteiger partial charge is 0.164 e. The standard InChI is InChI=1S/C45H26N4OS/c1-2-11-29(12-3-1)49-36-17-7-4-13-30(36)31-23-21-27(25-37(31)49)43-46-44(28-22-24-33-32-14-6-9-20-40(32)51-41(33)26-28)48-45(47-43)35-16-10-19-39-42(35)34-15-5-8-18-38(34)50-39/h1-26H. The quantitative estimate of drug-likeness (QED) is 0.187. The van der Waals surface area contributed by atoms with Gasteiger partial charge in [-0.2, -0.15) is 0 Å². The van der Waals surface area contributed by atoms with E-state index in [9.17, 15) is 0 Å². The number of hydrogen-bond acceptors (Lipinski definition) is 5. The molecule has 0 saturated carbocycles. The molecule has 11 aromatic rings. The fourth-order valence-electron chi connectivity index (χ4n) is 7.55. The monoisotopic (exact) mass is 670 g/mol. The lowest BCUT2D eigenvalue weighted by Gasteiger charge is -2.11. The second kappa shape index (κ2) is 10.9. The van der Waals surface area contributed by atoms with Crippen LogP contribution in [0.1, 0.15) is 0 Å². The van der Waals surface area contributed by atoms with Crippen LogP contribution in [0.2, 0.25) is 0 Å². The molecule has 0 spiro atoms. The first kappa shape index (κ1) is 28.2. The van der Waals surface area contributed by atoms with Crippen LogP contribution >= 0.6 is 11.3 Å². The fourth-order valence-corrected chi connectivity index (χ4v) is 8.69. The molecule has 238 valence electrons. The first-order valence-corrected chi connectivity index (χ1v) is 17.8. The number of nitrogens with zero attached hydrogens (tertiary/aromatic N) is 4. The van der Waals surface area contributed by atoms with Crippen molar-refractivity contribution in [2.75, 3.05) is 0 Å². The van der Waals surface area contributed by atoms with Gasteiger partial charge in [-0.1, -0.05) is 109 Å². The van der Waals surface area contributed by atoms with Gasteiger partial charge in [-0.25, -0.2) is 15.0 Å². The van der Waals surface area contributed by atoms with Crippen LogP contribution in [-0.2, 0) is 0 Å². The minimum Gasteiger partial charge on any atom is -0.456 e. The van der Waals surface area contributed by atoms with Crippen molar-refractivity contribution in [3.05, 3.63) is 158 Å². The molecule has 0 radical (unpaired) electrons. The number of hydrogen-bond donors (Lipinski definition) is 0. The second-order valence-corrected chi connectivity index (χ2v) is 13.9. The third kappa shape index (κ3) is 4.37. The number of benzene rings is 7. The summed E-state index contributed by atoms with van der Waals surface area (Å²) in [5, 5.41) is 6.92. The Kier molecular flexibility index (Phi) is 6.05. The summed E-state index contributed by atoms with van der Waals surface area (Å²) in [4.78, 5) is 15.6. The fraction of sp³-hybridized carbons (Fsp3) is 0. The highest BCUT2D eigenvalue weighted by Crippen LogP contribution is 2.40. The third-order valence-electron chi connectivity index (χ3n) is 9.86. The van der Waals surface area contributed by atoms with E-state index in [0.29, 0.717) is 17.5 Å². The maximum atomic E-state index is 6.28. The van der Waals surface area contributed by atoms with E-state index in [1.165, 1.54) is 30.9 Å². The molecule has 6 heteroatoms. The molecule has 0 aliphatic heterocycles. The Labute approximate surface area is 295 Å². The van der Waals surface area contributed by atoms with Crippen molar-refractivity contribution in [3.8, 4) is 39.9 Å². The maximum absolute atomic E-state index is 6.28. The molecule has 51 heavy (non-hydrogen) atoms. The number of fused-ring (bicyclic) bond motifs is 9. The van der Waals surface area contributed by atoms with Gasteiger partial charge in [0.2, 0.25) is 0 Å². The average molecular weight is 671 g/mol. The Hall–Kier alpha value is -6.63. The molecule has 0 unspecified atom stereocenters. The Bertz CT molecular complexity index is 3150. The van der Waals surface area contributed by atoms with Crippen LogP contribution < -0.4 is 0 Å². The molecule has 0 aliphatic carbocycles. The summed E-state index contributed by atoms with van der Waals surface area (Å²) in [6.07, 6.45) is 0. The van der Waals surface area contributed by atoms with Gasteiger partial charge in [0.05, 0.1) is 11.0 Å². The summed E-state index contributed by atoms with van der Waals surface area (Å²) in [7, 11) is 0. The summed E-state index contributed by atoms with van der Waals surface area (Å²) < 4.78 is 11.1. The molecule has 4 heterocycles. The molecule has 0 bridgehead atoms. The van der Waals surface area contributed by atoms with Gasteiger partial charge in [0.15, 0.2) is 17.5 Å². The first-order valence-electron chi connectivity index (χ1n) is 16.9. The number of furan rings is 1. The van der Waals surface area contributed by atoms with E-state index >= 15 is 0 Å². The van der Waals surface area contributed by atoms with Crippen molar-refractivity contribution in [2.45, 2.75) is 0 Å². The first-order chi connectivity index (χ1) is 25.3. The van der Waals surface area contributed by atoms with Gasteiger partial charge in [0, 0.05) is 64.1 Å². The van der Waals surface area contributed by atoms with E-state index in [-0.39, 0.29) is 0 Å². The Balaban J connectivity index is 1.18. The van der Waals surface area contributed by atoms with Crippen LogP contribution in [-0.4, -0.2) is 19.5 Å². The van der Waals surface area contributed by atoms with Crippen LogP contribution in [0.3, 0.4) is 0 Å². The van der Waals surface area contributed by atoms with Crippen LogP contribution in [0, 0.1) is 0 Å². The lowest BCUT2D eigenvalue weighted by molar-refractivity contribution is 0.669. The zero-order valence-electron chi connectivity index (χ0n) is 27.1. The topological polar surface area (TPSA) is 56.7 Å². The molecular weight excluding hydrogens is 645 g/mol. The Morgan fingerprint density at radius 1 is 0.431 bits per heavy atom. The molecule has 0 aliphatic rings. The van der Waals surface area contributed by atoms with Crippen molar-refractivity contribution in [2.24, 2.45) is 0 Å². The molecule has 0 N–H and O–H groups in total. The molecule has 7 aromatic carbocycles. The zero-order valence-corrected chi connectivity index (χ0v) is 27.9. The summed E-state index contributed by atoms with van der Waals surface area (Å²) in [5.74, 6) is 1.85. The lowest BCUT2D eigenvalue weighted by atomic mass is 10.0. The van der Waals surface area contributed by atoms with Crippen LogP contribution in [0.4, 0.5) is 0 Å². The van der Waals surface area contributed by atoms with E-state index in [4.69, 9.17) is 19.4 Å². The van der Waals surface area contributed by atoms with Crippen molar-refractivity contribution in [1.29, 1.82) is 0 Å². The van der Waals surface area contributed by atoms with E-state index in [1.807, 2.05) is 30.3 Å². The van der Waals surface area contributed by atoms with Gasteiger partial charge < -0.3 is 8.98 Å². The average Bonchev–Trinajstić information content (AvgIpc) is 3.87. The minimum atomic E-state index is 0.604. The zero-order chi connectivity index (χ0) is 33.5. The maximum Gasteiger partial charge on any atom is 0.164 e.